The summed E-state index contributed by atoms with van der Waals surface area (Å²) in [6, 6.07) is 9.20. The lowest BCUT2D eigenvalue weighted by Crippen LogP contribution is -2.53. The average Bonchev–Trinajstić information content (AvgIpc) is 2.97. The van der Waals surface area contributed by atoms with Gasteiger partial charge in [0.25, 0.3) is 0 Å². The van der Waals surface area contributed by atoms with Crippen molar-refractivity contribution in [2.75, 3.05) is 19.6 Å². The van der Waals surface area contributed by atoms with Gasteiger partial charge in [0.2, 0.25) is 0 Å². The first-order valence-corrected chi connectivity index (χ1v) is 11.1. The van der Waals surface area contributed by atoms with Crippen LogP contribution in [0, 0.1) is 23.0 Å². The Bertz CT molecular complexity index is 1010. The third-order valence-electron chi connectivity index (χ3n) is 7.24. The Morgan fingerprint density at radius 3 is 2.58 bits per heavy atom. The van der Waals surface area contributed by atoms with Gasteiger partial charge in [-0.1, -0.05) is 32.0 Å². The third-order valence-corrected chi connectivity index (χ3v) is 7.24. The summed E-state index contributed by atoms with van der Waals surface area (Å²) in [7, 11) is 0. The quantitative estimate of drug-likeness (QED) is 0.745. The van der Waals surface area contributed by atoms with Crippen molar-refractivity contribution in [3.8, 4) is 11.1 Å². The van der Waals surface area contributed by atoms with Crippen molar-refractivity contribution in [2.45, 2.75) is 45.3 Å². The predicted octanol–water partition coefficient (Wildman–Crippen LogP) is 5.08. The van der Waals surface area contributed by atoms with Crippen LogP contribution in [0.4, 0.5) is 13.6 Å². The normalized spacial score (nSPS) is 28.3. The van der Waals surface area contributed by atoms with Crippen LogP contribution in [0.2, 0.25) is 0 Å². The average molecular weight is 427 g/mol. The highest BCUT2D eigenvalue weighted by Gasteiger charge is 2.42. The van der Waals surface area contributed by atoms with Crippen LogP contribution in [-0.4, -0.2) is 36.7 Å². The fourth-order valence-corrected chi connectivity index (χ4v) is 5.55. The molecule has 1 aliphatic carbocycles. The smallest absolute Gasteiger partial charge is 0.407 e. The number of alkyl carbamates (subject to hydrolysis) is 1. The van der Waals surface area contributed by atoms with Crippen LogP contribution in [-0.2, 0) is 11.2 Å². The van der Waals surface area contributed by atoms with Crippen molar-refractivity contribution in [1.29, 1.82) is 0 Å². The molecule has 0 saturated carbocycles. The second kappa shape index (κ2) is 7.59. The highest BCUT2D eigenvalue weighted by Crippen LogP contribution is 2.46. The number of ether oxygens (including phenoxy) is 1. The predicted molar refractivity (Wildman–Crippen MR) is 115 cm³/mol. The molecule has 3 fully saturated rings. The molecule has 0 radical (unpaired) electrons. The van der Waals surface area contributed by atoms with E-state index in [0.29, 0.717) is 17.0 Å². The molecule has 0 spiro atoms. The van der Waals surface area contributed by atoms with Gasteiger partial charge in [0.1, 0.15) is 17.7 Å². The van der Waals surface area contributed by atoms with Crippen LogP contribution in [0.5, 0.6) is 0 Å². The molecular weight excluding hydrogens is 398 g/mol. The van der Waals surface area contributed by atoms with E-state index in [1.807, 2.05) is 18.2 Å². The summed E-state index contributed by atoms with van der Waals surface area (Å²) in [5.74, 6) is -0.699. The van der Waals surface area contributed by atoms with Crippen LogP contribution in [0.15, 0.2) is 36.4 Å². The Hall–Kier alpha value is -2.47. The fourth-order valence-electron chi connectivity index (χ4n) is 5.55. The topological polar surface area (TPSA) is 41.6 Å². The van der Waals surface area contributed by atoms with Crippen molar-refractivity contribution in [3.63, 3.8) is 0 Å². The molecule has 3 aliphatic heterocycles. The molecule has 6 rings (SSSR count). The molecule has 4 nitrogen and oxygen atoms in total. The summed E-state index contributed by atoms with van der Waals surface area (Å²) in [6.07, 6.45) is 2.55. The number of carbonyl (C=O) groups is 1. The monoisotopic (exact) mass is 426 g/mol. The second-order valence-corrected chi connectivity index (χ2v) is 9.86. The third kappa shape index (κ3) is 3.82. The first-order chi connectivity index (χ1) is 14.8. The minimum atomic E-state index is -0.589. The number of hydrogen-bond donors (Lipinski definition) is 1. The molecule has 3 saturated heterocycles. The lowest BCUT2D eigenvalue weighted by atomic mass is 9.85. The van der Waals surface area contributed by atoms with E-state index in [-0.39, 0.29) is 23.7 Å². The summed E-state index contributed by atoms with van der Waals surface area (Å²) >= 11 is 0. The maximum Gasteiger partial charge on any atom is 0.407 e. The number of nitrogens with zero attached hydrogens (tertiary/aromatic N) is 1. The van der Waals surface area contributed by atoms with Crippen molar-refractivity contribution in [3.05, 3.63) is 59.2 Å². The number of rotatable bonds is 3. The zero-order chi connectivity index (χ0) is 21.8. The zero-order valence-electron chi connectivity index (χ0n) is 18.0. The number of hydrogen-bond acceptors (Lipinski definition) is 3. The minimum Gasteiger partial charge on any atom is -0.445 e. The van der Waals surface area contributed by atoms with E-state index in [1.54, 1.807) is 0 Å². The van der Waals surface area contributed by atoms with Gasteiger partial charge in [0.15, 0.2) is 0 Å². The first kappa shape index (κ1) is 20.4. The molecule has 6 heteroatoms. The molecule has 2 aromatic carbocycles. The Morgan fingerprint density at radius 1 is 1.13 bits per heavy atom. The van der Waals surface area contributed by atoms with Crippen LogP contribution in [0.1, 0.15) is 43.9 Å². The van der Waals surface area contributed by atoms with Crippen LogP contribution in [0.3, 0.4) is 0 Å². The first-order valence-electron chi connectivity index (χ1n) is 11.1. The summed E-state index contributed by atoms with van der Waals surface area (Å²) in [5, 5.41) is 3.11. The maximum absolute atomic E-state index is 14.3. The molecule has 3 heterocycles. The van der Waals surface area contributed by atoms with Crippen molar-refractivity contribution < 1.29 is 18.3 Å². The highest BCUT2D eigenvalue weighted by molar-refractivity contribution is 5.70. The van der Waals surface area contributed by atoms with Crippen molar-refractivity contribution in [2.24, 2.45) is 11.3 Å². The molecule has 1 N–H and O–H groups in total. The summed E-state index contributed by atoms with van der Waals surface area (Å²) < 4.78 is 33.4. The number of piperidine rings is 3. The molecule has 1 unspecified atom stereocenters. The Balaban J connectivity index is 1.34. The Morgan fingerprint density at radius 2 is 1.90 bits per heavy atom. The molecule has 0 aromatic heterocycles. The summed E-state index contributed by atoms with van der Waals surface area (Å²) in [6.45, 7) is 7.27. The van der Waals surface area contributed by atoms with Gasteiger partial charge in [-0.15, -0.1) is 0 Å². The van der Waals surface area contributed by atoms with Gasteiger partial charge in [-0.3, -0.25) is 4.90 Å². The minimum absolute atomic E-state index is 0.0321. The van der Waals surface area contributed by atoms with Gasteiger partial charge in [-0.05, 0) is 72.5 Å². The number of carbonyl (C=O) groups excluding carboxylic acids is 1. The molecule has 2 aromatic rings. The van der Waals surface area contributed by atoms with Gasteiger partial charge in [-0.25, -0.2) is 13.6 Å². The maximum atomic E-state index is 14.3. The lowest BCUT2D eigenvalue weighted by molar-refractivity contribution is -0.0348. The van der Waals surface area contributed by atoms with E-state index in [9.17, 15) is 13.6 Å². The van der Waals surface area contributed by atoms with Gasteiger partial charge in [0.05, 0.1) is 6.04 Å². The van der Waals surface area contributed by atoms with Crippen LogP contribution >= 0.6 is 0 Å². The van der Waals surface area contributed by atoms with E-state index in [2.05, 4.69) is 24.1 Å². The van der Waals surface area contributed by atoms with E-state index in [1.165, 1.54) is 12.1 Å². The van der Waals surface area contributed by atoms with Crippen LogP contribution in [0.25, 0.3) is 11.1 Å². The Kier molecular flexibility index (Phi) is 5.00. The fraction of sp³-hybridized carbons (Fsp3) is 0.480. The van der Waals surface area contributed by atoms with Gasteiger partial charge in [0, 0.05) is 18.2 Å². The number of amides is 1. The summed E-state index contributed by atoms with van der Waals surface area (Å²) in [5.41, 5.74) is 2.99. The largest absolute Gasteiger partial charge is 0.445 e. The second-order valence-electron chi connectivity index (χ2n) is 9.86. The van der Waals surface area contributed by atoms with Gasteiger partial charge >= 0.3 is 6.09 Å². The van der Waals surface area contributed by atoms with Crippen LogP contribution < -0.4 is 5.32 Å². The molecule has 4 aliphatic rings. The summed E-state index contributed by atoms with van der Waals surface area (Å²) in [4.78, 5) is 15.1. The molecule has 1 amide bonds. The number of fused-ring (bicyclic) bond motifs is 4. The molecule has 2 atom stereocenters. The number of halogens is 2. The molecule has 164 valence electrons. The van der Waals surface area contributed by atoms with Crippen molar-refractivity contribution >= 4 is 6.09 Å². The number of nitrogens with one attached hydrogen (secondary N) is 1. The van der Waals surface area contributed by atoms with Gasteiger partial charge < -0.3 is 10.1 Å². The SMILES string of the molecule is CC1(C)Cc2cc(-c3ccc(F)cc3F)ccc2C1NC(=O)O[C@@H]1CN2CCC1CC2. The van der Waals surface area contributed by atoms with Gasteiger partial charge in [-0.2, -0.15) is 0 Å². The van der Waals surface area contributed by atoms with E-state index >= 15 is 0 Å². The molecule has 31 heavy (non-hydrogen) atoms. The van der Waals surface area contributed by atoms with E-state index < -0.39 is 11.6 Å². The standard InChI is InChI=1S/C25H28F2N2O2/c1-25(2)13-17-11-16(19-6-4-18(26)12-21(19)27)3-5-20(17)23(25)28-24(30)31-22-14-29-9-7-15(22)8-10-29/h3-6,11-12,15,22-23H,7-10,13-14H2,1-2H3,(H,28,30)/t22-,23?/m1/s1. The van der Waals surface area contributed by atoms with E-state index in [4.69, 9.17) is 4.74 Å². The molecular formula is C25H28F2N2O2. The van der Waals surface area contributed by atoms with E-state index in [0.717, 1.165) is 56.1 Å². The zero-order valence-corrected chi connectivity index (χ0v) is 18.0. The Labute approximate surface area is 181 Å². The lowest BCUT2D eigenvalue weighted by Gasteiger charge is -2.44. The number of benzene rings is 2. The molecule has 2 bridgehead atoms. The van der Waals surface area contributed by atoms with Crippen molar-refractivity contribution in [1.82, 2.24) is 10.2 Å². The highest BCUT2D eigenvalue weighted by atomic mass is 19.1.